The first kappa shape index (κ1) is 20.1. The largest absolute Gasteiger partial charge is 0.498 e. The molecule has 1 saturated carbocycles. The van der Waals surface area contributed by atoms with Crippen LogP contribution < -0.4 is 16.1 Å². The summed E-state index contributed by atoms with van der Waals surface area (Å²) >= 11 is 0. The van der Waals surface area contributed by atoms with Gasteiger partial charge in [-0.05, 0) is 59.4 Å². The molecule has 0 radical (unpaired) electrons. The Morgan fingerprint density at radius 1 is 1.14 bits per heavy atom. The summed E-state index contributed by atoms with van der Waals surface area (Å²) in [6, 6.07) is 0.589. The van der Waals surface area contributed by atoms with E-state index in [-0.39, 0.29) is 11.2 Å². The Kier molecular flexibility index (Phi) is 5.42. The van der Waals surface area contributed by atoms with E-state index in [1.807, 2.05) is 12.4 Å². The van der Waals surface area contributed by atoms with E-state index in [9.17, 15) is 0 Å². The summed E-state index contributed by atoms with van der Waals surface area (Å²) in [5, 5.41) is 0. The molecular formula is C20H34BN5O2. The van der Waals surface area contributed by atoms with E-state index in [0.29, 0.717) is 12.0 Å². The molecule has 0 unspecified atom stereocenters. The van der Waals surface area contributed by atoms with Gasteiger partial charge in [0.1, 0.15) is 0 Å². The Balaban J connectivity index is 1.42. The summed E-state index contributed by atoms with van der Waals surface area (Å²) < 4.78 is 12.2. The Labute approximate surface area is 169 Å². The third-order valence-corrected chi connectivity index (χ3v) is 6.70. The van der Waals surface area contributed by atoms with Crippen LogP contribution in [0.1, 0.15) is 47.0 Å². The maximum absolute atomic E-state index is 6.12. The maximum atomic E-state index is 6.12. The van der Waals surface area contributed by atoms with Crippen LogP contribution in [0.15, 0.2) is 12.4 Å². The van der Waals surface area contributed by atoms with Crippen molar-refractivity contribution in [3.05, 3.63) is 12.4 Å². The molecule has 2 N–H and O–H groups in total. The fourth-order valence-electron chi connectivity index (χ4n) is 4.09. The topological polar surface area (TPSA) is 76.7 Å². The molecule has 154 valence electrons. The Morgan fingerprint density at radius 2 is 1.79 bits per heavy atom. The van der Waals surface area contributed by atoms with Gasteiger partial charge in [-0.25, -0.2) is 9.97 Å². The van der Waals surface area contributed by atoms with Crippen LogP contribution in [0.25, 0.3) is 0 Å². The molecule has 0 amide bonds. The van der Waals surface area contributed by atoms with Crippen molar-refractivity contribution in [2.45, 2.75) is 64.2 Å². The highest BCUT2D eigenvalue weighted by molar-refractivity contribution is 6.61. The minimum absolute atomic E-state index is 0.353. The molecule has 3 aliphatic rings. The third-order valence-electron chi connectivity index (χ3n) is 6.70. The molecule has 28 heavy (non-hydrogen) atoms. The first-order chi connectivity index (χ1) is 13.3. The van der Waals surface area contributed by atoms with Crippen LogP contribution in [0.3, 0.4) is 0 Å². The summed E-state index contributed by atoms with van der Waals surface area (Å²) in [6.07, 6.45) is 7.45. The van der Waals surface area contributed by atoms with Crippen molar-refractivity contribution in [2.24, 2.45) is 11.7 Å². The number of hydrogen-bond donors (Lipinski definition) is 1. The van der Waals surface area contributed by atoms with Crippen molar-refractivity contribution in [1.82, 2.24) is 14.9 Å². The van der Waals surface area contributed by atoms with E-state index in [2.05, 4.69) is 37.5 Å². The minimum atomic E-state index is -0.409. The van der Waals surface area contributed by atoms with Gasteiger partial charge in [-0.2, -0.15) is 0 Å². The highest BCUT2D eigenvalue weighted by atomic mass is 16.7. The molecule has 0 bridgehead atoms. The lowest BCUT2D eigenvalue weighted by molar-refractivity contribution is 0.00578. The zero-order chi connectivity index (χ0) is 19.9. The number of likely N-dealkylation sites (tertiary alicyclic amines) is 1. The Hall–Kier alpha value is -1.22. The second-order valence-electron chi connectivity index (χ2n) is 9.53. The van der Waals surface area contributed by atoms with E-state index in [1.165, 1.54) is 19.3 Å². The standard InChI is InChI=1S/C20H34BN5O2/c1-19(2)20(3,4)28-21(27-19)16-11-23-18(24-12-16)26(17-5-6-17)14-15-7-9-25(13-15)10-8-22/h11-12,15,17H,5-10,13-14,22H2,1-4H3/t15-/m1/s1. The number of anilines is 1. The molecule has 3 fully saturated rings. The van der Waals surface area contributed by atoms with Crippen molar-refractivity contribution in [2.75, 3.05) is 37.6 Å². The second-order valence-corrected chi connectivity index (χ2v) is 9.53. The van der Waals surface area contributed by atoms with Crippen LogP contribution in [0.4, 0.5) is 5.95 Å². The van der Waals surface area contributed by atoms with Crippen molar-refractivity contribution >= 4 is 18.5 Å². The molecule has 1 aliphatic carbocycles. The van der Waals surface area contributed by atoms with Crippen LogP contribution in [0.5, 0.6) is 0 Å². The molecule has 0 aromatic carbocycles. The van der Waals surface area contributed by atoms with Gasteiger partial charge < -0.3 is 24.8 Å². The van der Waals surface area contributed by atoms with Crippen LogP contribution in [-0.4, -0.2) is 72.0 Å². The van der Waals surface area contributed by atoms with Crippen molar-refractivity contribution < 1.29 is 9.31 Å². The SMILES string of the molecule is CC1(C)OB(c2cnc(N(C[C@@H]3CCN(CCN)C3)C3CC3)nc2)OC1(C)C. The molecular weight excluding hydrogens is 353 g/mol. The third kappa shape index (κ3) is 4.06. The molecule has 3 heterocycles. The summed E-state index contributed by atoms with van der Waals surface area (Å²) in [6.45, 7) is 13.3. The van der Waals surface area contributed by atoms with Crippen LogP contribution in [0.2, 0.25) is 0 Å². The molecule has 0 spiro atoms. The normalized spacial score (nSPS) is 26.8. The fourth-order valence-corrected chi connectivity index (χ4v) is 4.09. The molecule has 8 heteroatoms. The molecule has 2 saturated heterocycles. The average molecular weight is 387 g/mol. The predicted octanol–water partition coefficient (Wildman–Crippen LogP) is 1.03. The molecule has 4 rings (SSSR count). The lowest BCUT2D eigenvalue weighted by Gasteiger charge is -2.32. The van der Waals surface area contributed by atoms with E-state index >= 15 is 0 Å². The summed E-state index contributed by atoms with van der Waals surface area (Å²) in [4.78, 5) is 14.3. The van der Waals surface area contributed by atoms with Gasteiger partial charge in [-0.3, -0.25) is 0 Å². The van der Waals surface area contributed by atoms with Gasteiger partial charge in [0.05, 0.1) is 11.2 Å². The molecule has 2 aliphatic heterocycles. The van der Waals surface area contributed by atoms with Gasteiger partial charge in [0.2, 0.25) is 5.95 Å². The molecule has 1 aromatic heterocycles. The van der Waals surface area contributed by atoms with Crippen molar-refractivity contribution in [1.29, 1.82) is 0 Å². The Bertz CT molecular complexity index is 664. The number of nitrogens with zero attached hydrogens (tertiary/aromatic N) is 4. The predicted molar refractivity (Wildman–Crippen MR) is 112 cm³/mol. The van der Waals surface area contributed by atoms with Crippen molar-refractivity contribution in [3.8, 4) is 0 Å². The van der Waals surface area contributed by atoms with E-state index < -0.39 is 7.12 Å². The lowest BCUT2D eigenvalue weighted by Crippen LogP contribution is -2.41. The number of rotatable bonds is 7. The van der Waals surface area contributed by atoms with Crippen molar-refractivity contribution in [3.63, 3.8) is 0 Å². The zero-order valence-electron chi connectivity index (χ0n) is 17.7. The second kappa shape index (κ2) is 7.56. The lowest BCUT2D eigenvalue weighted by atomic mass is 9.81. The van der Waals surface area contributed by atoms with Crippen LogP contribution in [0, 0.1) is 5.92 Å². The smallest absolute Gasteiger partial charge is 0.399 e. The molecule has 7 nitrogen and oxygen atoms in total. The molecule has 1 aromatic rings. The minimum Gasteiger partial charge on any atom is -0.399 e. The molecule has 1 atom stereocenters. The van der Waals surface area contributed by atoms with Crippen LogP contribution >= 0.6 is 0 Å². The van der Waals surface area contributed by atoms with Gasteiger partial charge in [0.15, 0.2) is 0 Å². The summed E-state index contributed by atoms with van der Waals surface area (Å²) in [7, 11) is -0.409. The maximum Gasteiger partial charge on any atom is 0.498 e. The monoisotopic (exact) mass is 387 g/mol. The van der Waals surface area contributed by atoms with Gasteiger partial charge in [0.25, 0.3) is 0 Å². The number of nitrogens with two attached hydrogens (primary N) is 1. The highest BCUT2D eigenvalue weighted by Gasteiger charge is 2.52. The van der Waals surface area contributed by atoms with E-state index in [1.54, 1.807) is 0 Å². The van der Waals surface area contributed by atoms with Gasteiger partial charge >= 0.3 is 7.12 Å². The zero-order valence-corrected chi connectivity index (χ0v) is 17.7. The van der Waals surface area contributed by atoms with Gasteiger partial charge in [-0.1, -0.05) is 0 Å². The summed E-state index contributed by atoms with van der Waals surface area (Å²) in [5.74, 6) is 1.50. The number of hydrogen-bond acceptors (Lipinski definition) is 7. The first-order valence-corrected chi connectivity index (χ1v) is 10.7. The highest BCUT2D eigenvalue weighted by Crippen LogP contribution is 2.36. The van der Waals surface area contributed by atoms with E-state index in [0.717, 1.165) is 44.1 Å². The Morgan fingerprint density at radius 3 is 2.36 bits per heavy atom. The van der Waals surface area contributed by atoms with Gasteiger partial charge in [0, 0.05) is 50.1 Å². The van der Waals surface area contributed by atoms with Gasteiger partial charge in [-0.15, -0.1) is 0 Å². The first-order valence-electron chi connectivity index (χ1n) is 10.7. The van der Waals surface area contributed by atoms with E-state index in [4.69, 9.17) is 25.0 Å². The van der Waals surface area contributed by atoms with Crippen LogP contribution in [-0.2, 0) is 9.31 Å². The fraction of sp³-hybridized carbons (Fsp3) is 0.800. The average Bonchev–Trinajstić information content (AvgIpc) is 3.34. The number of aromatic nitrogens is 2. The summed E-state index contributed by atoms with van der Waals surface area (Å²) in [5.41, 5.74) is 5.89. The quantitative estimate of drug-likeness (QED) is 0.700.